The minimum atomic E-state index is -0.833. The largest absolute Gasteiger partial charge is 0.480 e. The minimum Gasteiger partial charge on any atom is -0.480 e. The van der Waals surface area contributed by atoms with Gasteiger partial charge in [-0.05, 0) is 47.9 Å². The van der Waals surface area contributed by atoms with E-state index in [1.165, 1.54) is 19.4 Å². The average molecular weight is 480 g/mol. The van der Waals surface area contributed by atoms with Gasteiger partial charge in [0.25, 0.3) is 5.91 Å². The summed E-state index contributed by atoms with van der Waals surface area (Å²) in [4.78, 5) is 55.3. The molecule has 4 amide bonds. The summed E-state index contributed by atoms with van der Waals surface area (Å²) in [5.41, 5.74) is 8.10. The van der Waals surface area contributed by atoms with Gasteiger partial charge in [-0.2, -0.15) is 0 Å². The van der Waals surface area contributed by atoms with Gasteiger partial charge in [-0.3, -0.25) is 19.2 Å². The third-order valence-corrected chi connectivity index (χ3v) is 6.50. The van der Waals surface area contributed by atoms with Crippen LogP contribution >= 0.6 is 0 Å². The molecule has 4 rings (SSSR count). The number of anilines is 2. The van der Waals surface area contributed by atoms with Crippen molar-refractivity contribution in [1.29, 1.82) is 0 Å². The van der Waals surface area contributed by atoms with Crippen LogP contribution in [0.3, 0.4) is 0 Å². The standard InChI is InChI=1S/C25H29N5O5/c1-25(2)9-8-19(15-4-6-18-14(10-15)5-7-20(31)29-18)30(13-25)24(34)22(33)28-16-11-17(21(26)32)23(35-3)27-12-16/h4,6,10-12,19H,5,7-9,13H2,1-3H3,(H2,26,32)(H,28,33)(H,29,31)/t19-/m0/s1. The first-order valence-electron chi connectivity index (χ1n) is 11.5. The van der Waals surface area contributed by atoms with E-state index in [9.17, 15) is 19.2 Å². The summed E-state index contributed by atoms with van der Waals surface area (Å²) in [5.74, 6) is -2.25. The fourth-order valence-corrected chi connectivity index (χ4v) is 4.68. The van der Waals surface area contributed by atoms with Gasteiger partial charge in [-0.15, -0.1) is 0 Å². The lowest BCUT2D eigenvalue weighted by molar-refractivity contribution is -0.147. The number of hydrogen-bond acceptors (Lipinski definition) is 6. The van der Waals surface area contributed by atoms with Crippen molar-refractivity contribution >= 4 is 35.0 Å². The molecular formula is C25H29N5O5. The molecule has 2 aromatic rings. The fraction of sp³-hybridized carbons (Fsp3) is 0.400. The first-order chi connectivity index (χ1) is 16.6. The Morgan fingerprint density at radius 2 is 2.00 bits per heavy atom. The van der Waals surface area contributed by atoms with Gasteiger partial charge in [0.15, 0.2) is 0 Å². The van der Waals surface area contributed by atoms with Crippen LogP contribution < -0.4 is 21.1 Å². The summed E-state index contributed by atoms with van der Waals surface area (Å²) < 4.78 is 5.02. The van der Waals surface area contributed by atoms with E-state index < -0.39 is 17.7 Å². The highest BCUT2D eigenvalue weighted by atomic mass is 16.5. The molecule has 10 heteroatoms. The number of amides is 4. The van der Waals surface area contributed by atoms with E-state index in [0.717, 1.165) is 23.2 Å². The molecule has 1 aromatic heterocycles. The van der Waals surface area contributed by atoms with Gasteiger partial charge in [0.05, 0.1) is 25.0 Å². The number of rotatable bonds is 4. The molecule has 35 heavy (non-hydrogen) atoms. The van der Waals surface area contributed by atoms with Gasteiger partial charge in [-0.25, -0.2) is 4.98 Å². The topological polar surface area (TPSA) is 144 Å². The van der Waals surface area contributed by atoms with Gasteiger partial charge in [0, 0.05) is 18.7 Å². The van der Waals surface area contributed by atoms with Crippen LogP contribution in [-0.4, -0.2) is 47.2 Å². The van der Waals surface area contributed by atoms with Crippen LogP contribution in [0.15, 0.2) is 30.5 Å². The van der Waals surface area contributed by atoms with Crippen LogP contribution in [0.4, 0.5) is 11.4 Å². The predicted molar refractivity (Wildman–Crippen MR) is 129 cm³/mol. The molecular weight excluding hydrogens is 450 g/mol. The lowest BCUT2D eigenvalue weighted by atomic mass is 9.79. The highest BCUT2D eigenvalue weighted by Gasteiger charge is 2.39. The van der Waals surface area contributed by atoms with Crippen molar-refractivity contribution in [3.05, 3.63) is 47.2 Å². The number of benzene rings is 1. The van der Waals surface area contributed by atoms with Crippen molar-refractivity contribution in [2.45, 2.75) is 45.6 Å². The Hall–Kier alpha value is -3.95. The third kappa shape index (κ3) is 5.11. The first-order valence-corrected chi connectivity index (χ1v) is 11.5. The smallest absolute Gasteiger partial charge is 0.313 e. The maximum absolute atomic E-state index is 13.4. The van der Waals surface area contributed by atoms with E-state index in [4.69, 9.17) is 10.5 Å². The number of fused-ring (bicyclic) bond motifs is 1. The average Bonchev–Trinajstić information content (AvgIpc) is 2.82. The Kier molecular flexibility index (Phi) is 6.47. The molecule has 4 N–H and O–H groups in total. The summed E-state index contributed by atoms with van der Waals surface area (Å²) in [6.07, 6.45) is 3.94. The molecule has 2 aliphatic heterocycles. The molecule has 0 saturated carbocycles. The van der Waals surface area contributed by atoms with Crippen LogP contribution in [-0.2, 0) is 20.8 Å². The predicted octanol–water partition coefficient (Wildman–Crippen LogP) is 2.40. The Balaban J connectivity index is 1.58. The first kappa shape index (κ1) is 24.2. The number of carbonyl (C=O) groups is 4. The number of likely N-dealkylation sites (tertiary alicyclic amines) is 1. The number of nitrogens with one attached hydrogen (secondary N) is 2. The second-order valence-corrected chi connectivity index (χ2v) is 9.72. The highest BCUT2D eigenvalue weighted by molar-refractivity contribution is 6.39. The number of carbonyl (C=O) groups excluding carboxylic acids is 4. The molecule has 0 spiro atoms. The number of nitrogens with two attached hydrogens (primary N) is 1. The zero-order chi connectivity index (χ0) is 25.3. The number of hydrogen-bond donors (Lipinski definition) is 3. The summed E-state index contributed by atoms with van der Waals surface area (Å²) in [6, 6.07) is 6.83. The SMILES string of the molecule is COc1ncc(NC(=O)C(=O)N2CC(C)(C)CC[C@H]2c2ccc3c(c2)CCC(=O)N3)cc1C(N)=O. The molecule has 0 bridgehead atoms. The summed E-state index contributed by atoms with van der Waals surface area (Å²) in [7, 11) is 1.35. The summed E-state index contributed by atoms with van der Waals surface area (Å²) in [6.45, 7) is 4.54. The second kappa shape index (κ2) is 9.36. The van der Waals surface area contributed by atoms with Crippen molar-refractivity contribution in [2.24, 2.45) is 11.1 Å². The summed E-state index contributed by atoms with van der Waals surface area (Å²) >= 11 is 0. The monoisotopic (exact) mass is 479 g/mol. The molecule has 1 atom stereocenters. The molecule has 1 aromatic carbocycles. The molecule has 0 radical (unpaired) electrons. The van der Waals surface area contributed by atoms with Gasteiger partial charge >= 0.3 is 11.8 Å². The lowest BCUT2D eigenvalue weighted by Gasteiger charge is -2.43. The van der Waals surface area contributed by atoms with E-state index in [0.29, 0.717) is 25.8 Å². The Bertz CT molecular complexity index is 1210. The highest BCUT2D eigenvalue weighted by Crippen LogP contribution is 2.40. The molecule has 3 heterocycles. The number of aryl methyl sites for hydroxylation is 1. The molecule has 10 nitrogen and oxygen atoms in total. The molecule has 2 aliphatic rings. The number of methoxy groups -OCH3 is 1. The van der Waals surface area contributed by atoms with Crippen LogP contribution in [0.1, 0.15) is 60.6 Å². The fourth-order valence-electron chi connectivity index (χ4n) is 4.68. The zero-order valence-electron chi connectivity index (χ0n) is 20.0. The Morgan fingerprint density at radius 1 is 1.23 bits per heavy atom. The number of ether oxygens (including phenoxy) is 1. The second-order valence-electron chi connectivity index (χ2n) is 9.72. The van der Waals surface area contributed by atoms with Gasteiger partial charge < -0.3 is 26.0 Å². The van der Waals surface area contributed by atoms with Crippen LogP contribution in [0.5, 0.6) is 5.88 Å². The normalized spacial score (nSPS) is 18.8. The van der Waals surface area contributed by atoms with Crippen molar-refractivity contribution in [3.8, 4) is 5.88 Å². The van der Waals surface area contributed by atoms with E-state index in [2.05, 4.69) is 29.5 Å². The number of nitrogens with zero attached hydrogens (tertiary/aromatic N) is 2. The van der Waals surface area contributed by atoms with Gasteiger partial charge in [-0.1, -0.05) is 26.0 Å². The van der Waals surface area contributed by atoms with Gasteiger partial charge in [0.1, 0.15) is 5.56 Å². The van der Waals surface area contributed by atoms with Crippen molar-refractivity contribution < 1.29 is 23.9 Å². The number of piperidine rings is 1. The number of primary amides is 1. The summed E-state index contributed by atoms with van der Waals surface area (Å²) in [5, 5.41) is 5.41. The third-order valence-electron chi connectivity index (χ3n) is 6.50. The number of aromatic nitrogens is 1. The van der Waals surface area contributed by atoms with E-state index >= 15 is 0 Å². The zero-order valence-corrected chi connectivity index (χ0v) is 20.0. The van der Waals surface area contributed by atoms with Crippen molar-refractivity contribution in [1.82, 2.24) is 9.88 Å². The Morgan fingerprint density at radius 3 is 2.71 bits per heavy atom. The minimum absolute atomic E-state index is 0.00381. The molecule has 1 fully saturated rings. The molecule has 0 aliphatic carbocycles. The maximum atomic E-state index is 13.4. The van der Waals surface area contributed by atoms with E-state index in [1.54, 1.807) is 4.90 Å². The molecule has 1 saturated heterocycles. The maximum Gasteiger partial charge on any atom is 0.313 e. The van der Waals surface area contributed by atoms with Crippen LogP contribution in [0.2, 0.25) is 0 Å². The lowest BCUT2D eigenvalue weighted by Crippen LogP contribution is -2.49. The molecule has 184 valence electrons. The number of pyridine rings is 1. The van der Waals surface area contributed by atoms with Gasteiger partial charge in [0.2, 0.25) is 11.8 Å². The van der Waals surface area contributed by atoms with Crippen molar-refractivity contribution in [2.75, 3.05) is 24.3 Å². The van der Waals surface area contributed by atoms with Crippen molar-refractivity contribution in [3.63, 3.8) is 0 Å². The quantitative estimate of drug-likeness (QED) is 0.575. The molecule has 0 unspecified atom stereocenters. The Labute approximate surface area is 203 Å². The van der Waals surface area contributed by atoms with Crippen LogP contribution in [0.25, 0.3) is 0 Å². The van der Waals surface area contributed by atoms with E-state index in [1.807, 2.05) is 18.2 Å². The van der Waals surface area contributed by atoms with Crippen LogP contribution in [0, 0.1) is 5.41 Å². The van der Waals surface area contributed by atoms with E-state index in [-0.39, 0.29) is 34.5 Å².